The summed E-state index contributed by atoms with van der Waals surface area (Å²) in [5.41, 5.74) is 0.471. The standard InChI is InChI=1S/C21H39N3O2/c1-16(2)18(25)22-15-21(8,14-20(5,6)7)24(19(26)17(3)4)13-11-12-23(9)10/h1,3,11-15H2,2,4-10H3,(H,22,25). The van der Waals surface area contributed by atoms with E-state index in [1.54, 1.807) is 13.8 Å². The Labute approximate surface area is 160 Å². The SMILES string of the molecule is C=C(C)C(=O)NCC(C)(CC(C)(C)C)N(CCCN(C)C)C(=O)C(=C)C. The van der Waals surface area contributed by atoms with Crippen LogP contribution in [-0.2, 0) is 9.59 Å². The summed E-state index contributed by atoms with van der Waals surface area (Å²) in [6.45, 7) is 21.4. The molecular weight excluding hydrogens is 326 g/mol. The topological polar surface area (TPSA) is 52.7 Å². The minimum atomic E-state index is -0.508. The summed E-state index contributed by atoms with van der Waals surface area (Å²) in [6.07, 6.45) is 1.62. The van der Waals surface area contributed by atoms with Gasteiger partial charge in [-0.2, -0.15) is 0 Å². The van der Waals surface area contributed by atoms with E-state index in [2.05, 4.69) is 44.1 Å². The number of carbonyl (C=O) groups is 2. The summed E-state index contributed by atoms with van der Waals surface area (Å²) in [7, 11) is 4.04. The first-order valence-corrected chi connectivity index (χ1v) is 9.25. The molecule has 0 aliphatic heterocycles. The van der Waals surface area contributed by atoms with Crippen molar-refractivity contribution in [1.29, 1.82) is 0 Å². The first kappa shape index (κ1) is 24.4. The lowest BCUT2D eigenvalue weighted by molar-refractivity contribution is -0.135. The van der Waals surface area contributed by atoms with Gasteiger partial charge in [-0.25, -0.2) is 0 Å². The van der Waals surface area contributed by atoms with Gasteiger partial charge in [0.25, 0.3) is 0 Å². The molecular formula is C21H39N3O2. The number of amides is 2. The first-order chi connectivity index (χ1) is 11.7. The van der Waals surface area contributed by atoms with Crippen molar-refractivity contribution < 1.29 is 9.59 Å². The Hall–Kier alpha value is -1.62. The van der Waals surface area contributed by atoms with Gasteiger partial charge in [0.1, 0.15) is 0 Å². The molecule has 26 heavy (non-hydrogen) atoms. The van der Waals surface area contributed by atoms with Crippen LogP contribution < -0.4 is 5.32 Å². The summed E-state index contributed by atoms with van der Waals surface area (Å²) in [5.74, 6) is -0.235. The average Bonchev–Trinajstić information content (AvgIpc) is 2.46. The third-order valence-corrected chi connectivity index (χ3v) is 4.18. The molecule has 0 fully saturated rings. The van der Waals surface area contributed by atoms with Crippen molar-refractivity contribution >= 4 is 11.8 Å². The predicted octanol–water partition coefficient (Wildman–Crippen LogP) is 3.23. The van der Waals surface area contributed by atoms with E-state index in [9.17, 15) is 9.59 Å². The minimum absolute atomic E-state index is 0.00213. The highest BCUT2D eigenvalue weighted by molar-refractivity contribution is 5.93. The molecule has 0 aromatic heterocycles. The van der Waals surface area contributed by atoms with E-state index in [1.807, 2.05) is 25.9 Å². The van der Waals surface area contributed by atoms with Gasteiger partial charge in [0, 0.05) is 24.2 Å². The highest BCUT2D eigenvalue weighted by atomic mass is 16.2. The largest absolute Gasteiger partial charge is 0.350 e. The Bertz CT molecular complexity index is 532. The van der Waals surface area contributed by atoms with Gasteiger partial charge in [-0.05, 0) is 59.7 Å². The molecule has 0 saturated heterocycles. The molecule has 0 heterocycles. The van der Waals surface area contributed by atoms with Gasteiger partial charge in [-0.3, -0.25) is 9.59 Å². The van der Waals surface area contributed by atoms with Crippen LogP contribution in [0.25, 0.3) is 0 Å². The summed E-state index contributed by atoms with van der Waals surface area (Å²) < 4.78 is 0. The Balaban J connectivity index is 5.66. The normalized spacial score (nSPS) is 13.9. The van der Waals surface area contributed by atoms with Crippen LogP contribution in [0, 0.1) is 5.41 Å². The van der Waals surface area contributed by atoms with Crippen LogP contribution in [0.15, 0.2) is 24.3 Å². The second-order valence-electron chi connectivity index (χ2n) is 9.09. The molecule has 0 bridgehead atoms. The molecule has 5 heteroatoms. The van der Waals surface area contributed by atoms with Crippen LogP contribution in [0.2, 0.25) is 0 Å². The third-order valence-electron chi connectivity index (χ3n) is 4.18. The molecule has 0 spiro atoms. The lowest BCUT2D eigenvalue weighted by atomic mass is 9.79. The van der Waals surface area contributed by atoms with Crippen molar-refractivity contribution in [2.24, 2.45) is 5.41 Å². The lowest BCUT2D eigenvalue weighted by Gasteiger charge is -2.45. The van der Waals surface area contributed by atoms with Crippen molar-refractivity contribution in [2.75, 3.05) is 33.7 Å². The number of rotatable bonds is 10. The average molecular weight is 366 g/mol. The molecule has 0 radical (unpaired) electrons. The molecule has 0 aromatic carbocycles. The zero-order valence-electron chi connectivity index (χ0n) is 18.2. The molecule has 0 rings (SSSR count). The van der Waals surface area contributed by atoms with Crippen LogP contribution in [0.1, 0.15) is 54.4 Å². The van der Waals surface area contributed by atoms with Gasteiger partial charge in [0.2, 0.25) is 11.8 Å². The van der Waals surface area contributed by atoms with E-state index in [0.29, 0.717) is 24.2 Å². The Kier molecular flexibility index (Phi) is 9.29. The minimum Gasteiger partial charge on any atom is -0.350 e. The fourth-order valence-corrected chi connectivity index (χ4v) is 3.21. The van der Waals surface area contributed by atoms with E-state index < -0.39 is 5.54 Å². The van der Waals surface area contributed by atoms with E-state index in [4.69, 9.17) is 0 Å². The van der Waals surface area contributed by atoms with Gasteiger partial charge in [0.15, 0.2) is 0 Å². The fourth-order valence-electron chi connectivity index (χ4n) is 3.21. The van der Waals surface area contributed by atoms with Crippen LogP contribution in [0.4, 0.5) is 0 Å². The maximum absolute atomic E-state index is 12.9. The molecule has 1 atom stereocenters. The number of hydrogen-bond donors (Lipinski definition) is 1. The van der Waals surface area contributed by atoms with E-state index in [0.717, 1.165) is 19.4 Å². The Morgan fingerprint density at radius 1 is 0.962 bits per heavy atom. The van der Waals surface area contributed by atoms with Crippen molar-refractivity contribution in [2.45, 2.75) is 59.9 Å². The molecule has 2 amide bonds. The Morgan fingerprint density at radius 3 is 1.88 bits per heavy atom. The second-order valence-corrected chi connectivity index (χ2v) is 9.09. The van der Waals surface area contributed by atoms with Gasteiger partial charge >= 0.3 is 0 Å². The smallest absolute Gasteiger partial charge is 0.249 e. The summed E-state index contributed by atoms with van der Waals surface area (Å²) in [6, 6.07) is 0. The maximum atomic E-state index is 12.9. The highest BCUT2D eigenvalue weighted by Crippen LogP contribution is 2.32. The van der Waals surface area contributed by atoms with Crippen LogP contribution in [0.5, 0.6) is 0 Å². The van der Waals surface area contributed by atoms with Gasteiger partial charge in [-0.1, -0.05) is 33.9 Å². The van der Waals surface area contributed by atoms with Gasteiger partial charge in [-0.15, -0.1) is 0 Å². The summed E-state index contributed by atoms with van der Waals surface area (Å²) in [5, 5.41) is 2.95. The zero-order chi connectivity index (χ0) is 20.7. The van der Waals surface area contributed by atoms with Crippen LogP contribution in [-0.4, -0.2) is 60.9 Å². The first-order valence-electron chi connectivity index (χ1n) is 9.25. The maximum Gasteiger partial charge on any atom is 0.249 e. The molecule has 1 N–H and O–H groups in total. The summed E-state index contributed by atoms with van der Waals surface area (Å²) in [4.78, 5) is 29.0. The molecule has 150 valence electrons. The van der Waals surface area contributed by atoms with Gasteiger partial charge < -0.3 is 15.1 Å². The van der Waals surface area contributed by atoms with Gasteiger partial charge in [0.05, 0.1) is 5.54 Å². The second kappa shape index (κ2) is 9.91. The molecule has 0 aliphatic carbocycles. The zero-order valence-corrected chi connectivity index (χ0v) is 18.2. The van der Waals surface area contributed by atoms with E-state index in [-0.39, 0.29) is 17.2 Å². The third kappa shape index (κ3) is 8.65. The van der Waals surface area contributed by atoms with Crippen molar-refractivity contribution in [1.82, 2.24) is 15.1 Å². The molecule has 0 aromatic rings. The molecule has 0 aliphatic rings. The number of carbonyl (C=O) groups excluding carboxylic acids is 2. The van der Waals surface area contributed by atoms with E-state index in [1.165, 1.54) is 0 Å². The molecule has 5 nitrogen and oxygen atoms in total. The monoisotopic (exact) mass is 365 g/mol. The van der Waals surface area contributed by atoms with Crippen LogP contribution in [0.3, 0.4) is 0 Å². The number of nitrogens with zero attached hydrogens (tertiary/aromatic N) is 2. The van der Waals surface area contributed by atoms with Crippen molar-refractivity contribution in [3.8, 4) is 0 Å². The van der Waals surface area contributed by atoms with Crippen molar-refractivity contribution in [3.63, 3.8) is 0 Å². The van der Waals surface area contributed by atoms with Crippen LogP contribution >= 0.6 is 0 Å². The molecule has 1 unspecified atom stereocenters. The van der Waals surface area contributed by atoms with E-state index >= 15 is 0 Å². The highest BCUT2D eigenvalue weighted by Gasteiger charge is 2.38. The predicted molar refractivity (Wildman–Crippen MR) is 110 cm³/mol. The number of hydrogen-bond acceptors (Lipinski definition) is 3. The lowest BCUT2D eigenvalue weighted by Crippen LogP contribution is -2.58. The van der Waals surface area contributed by atoms with Crippen molar-refractivity contribution in [3.05, 3.63) is 24.3 Å². The fraction of sp³-hybridized carbons (Fsp3) is 0.714. The summed E-state index contributed by atoms with van der Waals surface area (Å²) >= 11 is 0. The quantitative estimate of drug-likeness (QED) is 0.605. The Morgan fingerprint density at radius 2 is 1.50 bits per heavy atom. The molecule has 0 saturated carbocycles. The number of nitrogens with one attached hydrogen (secondary N) is 1.